The zero-order valence-electron chi connectivity index (χ0n) is 16.0. The molecule has 0 amide bonds. The Labute approximate surface area is 166 Å². The SMILES string of the molecule is CCCCn1c2ccc(C)cc2c2cc3c(=O)[nH]c(-c4cccs4)nc3cc21. The van der Waals surface area contributed by atoms with Crippen LogP contribution in [0.15, 0.2) is 52.6 Å². The lowest BCUT2D eigenvalue weighted by atomic mass is 10.1. The van der Waals surface area contributed by atoms with Crippen LogP contribution in [0.2, 0.25) is 0 Å². The first-order valence-electron chi connectivity index (χ1n) is 9.66. The van der Waals surface area contributed by atoms with E-state index in [4.69, 9.17) is 4.98 Å². The summed E-state index contributed by atoms with van der Waals surface area (Å²) < 4.78 is 2.38. The molecule has 5 rings (SSSR count). The number of thiophene rings is 1. The Morgan fingerprint density at radius 3 is 2.71 bits per heavy atom. The number of aromatic amines is 1. The van der Waals surface area contributed by atoms with Gasteiger partial charge in [0.2, 0.25) is 0 Å². The van der Waals surface area contributed by atoms with Crippen LogP contribution < -0.4 is 5.56 Å². The Kier molecular flexibility index (Phi) is 4.05. The fourth-order valence-electron chi connectivity index (χ4n) is 3.93. The van der Waals surface area contributed by atoms with Crippen LogP contribution in [0.4, 0.5) is 0 Å². The van der Waals surface area contributed by atoms with Crippen molar-refractivity contribution in [1.82, 2.24) is 14.5 Å². The van der Waals surface area contributed by atoms with Crippen LogP contribution in [0.1, 0.15) is 25.3 Å². The van der Waals surface area contributed by atoms with E-state index in [0.717, 1.165) is 40.7 Å². The molecule has 140 valence electrons. The molecule has 0 fully saturated rings. The lowest BCUT2D eigenvalue weighted by Crippen LogP contribution is -2.09. The molecule has 3 heterocycles. The maximum Gasteiger partial charge on any atom is 0.259 e. The molecule has 0 saturated heterocycles. The quantitative estimate of drug-likeness (QED) is 0.419. The molecule has 2 aromatic carbocycles. The summed E-state index contributed by atoms with van der Waals surface area (Å²) in [5, 5.41) is 4.96. The lowest BCUT2D eigenvalue weighted by molar-refractivity contribution is 0.665. The van der Waals surface area contributed by atoms with Crippen molar-refractivity contribution in [3.63, 3.8) is 0 Å². The maximum absolute atomic E-state index is 12.8. The molecule has 28 heavy (non-hydrogen) atoms. The molecule has 0 radical (unpaired) electrons. The van der Waals surface area contributed by atoms with E-state index in [1.807, 2.05) is 23.6 Å². The number of benzene rings is 2. The van der Waals surface area contributed by atoms with Crippen LogP contribution in [0, 0.1) is 6.92 Å². The second-order valence-corrected chi connectivity index (χ2v) is 8.25. The summed E-state index contributed by atoms with van der Waals surface area (Å²) >= 11 is 1.58. The van der Waals surface area contributed by atoms with Crippen molar-refractivity contribution >= 4 is 44.0 Å². The first-order valence-corrected chi connectivity index (χ1v) is 10.5. The van der Waals surface area contributed by atoms with Gasteiger partial charge in [-0.3, -0.25) is 4.79 Å². The first kappa shape index (κ1) is 17.2. The van der Waals surface area contributed by atoms with E-state index in [1.54, 1.807) is 11.3 Å². The van der Waals surface area contributed by atoms with Crippen molar-refractivity contribution in [2.45, 2.75) is 33.2 Å². The van der Waals surface area contributed by atoms with Gasteiger partial charge in [-0.25, -0.2) is 4.98 Å². The van der Waals surface area contributed by atoms with Gasteiger partial charge in [0.15, 0.2) is 5.82 Å². The normalized spacial score (nSPS) is 11.8. The number of hydrogen-bond donors (Lipinski definition) is 1. The molecule has 0 saturated carbocycles. The van der Waals surface area contributed by atoms with E-state index in [-0.39, 0.29) is 5.56 Å². The molecule has 0 aliphatic rings. The number of nitrogens with one attached hydrogen (secondary N) is 1. The van der Waals surface area contributed by atoms with Crippen LogP contribution in [-0.4, -0.2) is 14.5 Å². The summed E-state index contributed by atoms with van der Waals surface area (Å²) in [6, 6.07) is 14.6. The van der Waals surface area contributed by atoms with Crippen molar-refractivity contribution in [3.05, 3.63) is 63.8 Å². The van der Waals surface area contributed by atoms with Crippen molar-refractivity contribution in [3.8, 4) is 10.7 Å². The van der Waals surface area contributed by atoms with Crippen molar-refractivity contribution in [2.75, 3.05) is 0 Å². The van der Waals surface area contributed by atoms with E-state index in [2.05, 4.69) is 47.7 Å². The fraction of sp³-hybridized carbons (Fsp3) is 0.217. The van der Waals surface area contributed by atoms with Gasteiger partial charge in [-0.15, -0.1) is 11.3 Å². The average molecular weight is 388 g/mol. The Balaban J connectivity index is 1.86. The van der Waals surface area contributed by atoms with Crippen LogP contribution in [0.5, 0.6) is 0 Å². The molecule has 0 aliphatic carbocycles. The third-order valence-electron chi connectivity index (χ3n) is 5.34. The molecule has 0 atom stereocenters. The van der Waals surface area contributed by atoms with E-state index < -0.39 is 0 Å². The topological polar surface area (TPSA) is 50.7 Å². The second kappa shape index (κ2) is 6.60. The van der Waals surface area contributed by atoms with Gasteiger partial charge in [-0.05, 0) is 49.1 Å². The second-order valence-electron chi connectivity index (χ2n) is 7.30. The highest BCUT2D eigenvalue weighted by atomic mass is 32.1. The fourth-order valence-corrected chi connectivity index (χ4v) is 4.60. The zero-order chi connectivity index (χ0) is 19.3. The van der Waals surface area contributed by atoms with E-state index in [9.17, 15) is 4.79 Å². The average Bonchev–Trinajstić information content (AvgIpc) is 3.32. The van der Waals surface area contributed by atoms with Crippen molar-refractivity contribution in [2.24, 2.45) is 0 Å². The largest absolute Gasteiger partial charge is 0.340 e. The first-order chi connectivity index (χ1) is 13.7. The molecular weight excluding hydrogens is 366 g/mol. The number of nitrogens with zero attached hydrogens (tertiary/aromatic N) is 2. The molecule has 4 nitrogen and oxygen atoms in total. The number of aryl methyl sites for hydroxylation is 2. The van der Waals surface area contributed by atoms with Gasteiger partial charge in [0, 0.05) is 22.8 Å². The van der Waals surface area contributed by atoms with Crippen LogP contribution >= 0.6 is 11.3 Å². The van der Waals surface area contributed by atoms with E-state index in [0.29, 0.717) is 11.2 Å². The monoisotopic (exact) mass is 387 g/mol. The third-order valence-corrected chi connectivity index (χ3v) is 6.21. The van der Waals surface area contributed by atoms with Crippen molar-refractivity contribution in [1.29, 1.82) is 0 Å². The number of rotatable bonds is 4. The van der Waals surface area contributed by atoms with E-state index >= 15 is 0 Å². The standard InChI is InChI=1S/C23H21N3OS/c1-3-4-9-26-19-8-7-14(2)11-15(19)16-12-17-18(13-20(16)26)24-22(25-23(17)27)21-6-5-10-28-21/h5-8,10-13H,3-4,9H2,1-2H3,(H,24,25,27). The molecule has 0 unspecified atom stereocenters. The summed E-state index contributed by atoms with van der Waals surface area (Å²) in [7, 11) is 0. The Bertz CT molecular complexity index is 1380. The Morgan fingerprint density at radius 1 is 1.07 bits per heavy atom. The van der Waals surface area contributed by atoms with Gasteiger partial charge in [0.25, 0.3) is 5.56 Å². The molecule has 3 aromatic heterocycles. The summed E-state index contributed by atoms with van der Waals surface area (Å²) in [4.78, 5) is 21.5. The highest BCUT2D eigenvalue weighted by Gasteiger charge is 2.15. The van der Waals surface area contributed by atoms with Crippen LogP contribution in [0.3, 0.4) is 0 Å². The third kappa shape index (κ3) is 2.66. The predicted molar refractivity (Wildman–Crippen MR) is 118 cm³/mol. The minimum Gasteiger partial charge on any atom is -0.340 e. The maximum atomic E-state index is 12.8. The minimum absolute atomic E-state index is 0.0857. The molecule has 0 bridgehead atoms. The van der Waals surface area contributed by atoms with Crippen LogP contribution in [0.25, 0.3) is 43.4 Å². The molecule has 0 spiro atoms. The highest BCUT2D eigenvalue weighted by molar-refractivity contribution is 7.13. The highest BCUT2D eigenvalue weighted by Crippen LogP contribution is 2.33. The summed E-state index contributed by atoms with van der Waals surface area (Å²) in [6.45, 7) is 5.28. The molecule has 1 N–H and O–H groups in total. The smallest absolute Gasteiger partial charge is 0.259 e. The number of hydrogen-bond acceptors (Lipinski definition) is 3. The van der Waals surface area contributed by atoms with Crippen molar-refractivity contribution < 1.29 is 0 Å². The van der Waals surface area contributed by atoms with Gasteiger partial charge < -0.3 is 9.55 Å². The number of fused-ring (bicyclic) bond motifs is 4. The predicted octanol–water partition coefficient (Wildman–Crippen LogP) is 5.87. The Hall–Kier alpha value is -2.92. The number of H-pyrrole nitrogens is 1. The van der Waals surface area contributed by atoms with Gasteiger partial charge in [0.1, 0.15) is 0 Å². The minimum atomic E-state index is -0.0857. The van der Waals surface area contributed by atoms with Gasteiger partial charge in [0.05, 0.1) is 21.3 Å². The van der Waals surface area contributed by atoms with E-state index in [1.165, 1.54) is 16.5 Å². The lowest BCUT2D eigenvalue weighted by Gasteiger charge is -2.07. The van der Waals surface area contributed by atoms with Gasteiger partial charge >= 0.3 is 0 Å². The number of unbranched alkanes of at least 4 members (excludes halogenated alkanes) is 1. The van der Waals surface area contributed by atoms with Gasteiger partial charge in [-0.2, -0.15) is 0 Å². The molecule has 5 aromatic rings. The molecule has 5 heteroatoms. The van der Waals surface area contributed by atoms with Gasteiger partial charge in [-0.1, -0.05) is 31.0 Å². The Morgan fingerprint density at radius 2 is 1.93 bits per heavy atom. The molecular formula is C23H21N3OS. The zero-order valence-corrected chi connectivity index (χ0v) is 16.8. The summed E-state index contributed by atoms with van der Waals surface area (Å²) in [6.07, 6.45) is 2.26. The number of aromatic nitrogens is 3. The van der Waals surface area contributed by atoms with Crippen LogP contribution in [-0.2, 0) is 6.54 Å². The summed E-state index contributed by atoms with van der Waals surface area (Å²) in [5.41, 5.74) is 4.26. The molecule has 0 aliphatic heterocycles. The summed E-state index contributed by atoms with van der Waals surface area (Å²) in [5.74, 6) is 0.638.